The molecule has 1 N–H and O–H groups in total. The molecule has 1 amide bonds. The van der Waals surface area contributed by atoms with E-state index in [-0.39, 0.29) is 24.4 Å². The van der Waals surface area contributed by atoms with Gasteiger partial charge in [-0.05, 0) is 62.2 Å². The summed E-state index contributed by atoms with van der Waals surface area (Å²) in [7, 11) is 3.88. The fourth-order valence-corrected chi connectivity index (χ4v) is 3.50. The molecule has 174 valence electrons. The third-order valence-corrected chi connectivity index (χ3v) is 5.26. The predicted molar refractivity (Wildman–Crippen MR) is 122 cm³/mol. The van der Waals surface area contributed by atoms with E-state index in [1.807, 2.05) is 20.0 Å². The number of carbonyl (C=O) groups excluding carboxylic acids is 2. The van der Waals surface area contributed by atoms with Crippen LogP contribution in [0, 0.1) is 5.82 Å². The molecule has 0 spiro atoms. The fraction of sp³-hybridized carbons (Fsp3) is 0.333. The number of aryl methyl sites for hydroxylation is 2. The van der Waals surface area contributed by atoms with E-state index in [4.69, 9.17) is 4.98 Å². The molecule has 9 heteroatoms. The van der Waals surface area contributed by atoms with Crippen molar-refractivity contribution >= 4 is 18.1 Å². The van der Waals surface area contributed by atoms with Crippen molar-refractivity contribution in [1.29, 1.82) is 0 Å². The maximum Gasteiger partial charge on any atom is 0.293 e. The Morgan fingerprint density at radius 3 is 2.64 bits per heavy atom. The van der Waals surface area contributed by atoms with Gasteiger partial charge in [0, 0.05) is 32.4 Å². The van der Waals surface area contributed by atoms with Crippen molar-refractivity contribution in [3.63, 3.8) is 0 Å². The van der Waals surface area contributed by atoms with E-state index >= 15 is 0 Å². The molecule has 1 aliphatic heterocycles. The number of fused-ring (bicyclic) bond motifs is 1. The van der Waals surface area contributed by atoms with Crippen molar-refractivity contribution in [2.24, 2.45) is 7.05 Å². The Balaban J connectivity index is 0.000000257. The lowest BCUT2D eigenvalue weighted by molar-refractivity contribution is -0.129. The zero-order chi connectivity index (χ0) is 23.8. The molecule has 2 aromatic heterocycles. The number of nitrogens with zero attached hydrogens (tertiary/aromatic N) is 4. The van der Waals surface area contributed by atoms with Gasteiger partial charge in [0.15, 0.2) is 0 Å². The van der Waals surface area contributed by atoms with E-state index in [1.54, 1.807) is 16.9 Å². The number of anilines is 1. The van der Waals surface area contributed by atoms with Crippen molar-refractivity contribution in [2.75, 3.05) is 18.5 Å². The van der Waals surface area contributed by atoms with Gasteiger partial charge >= 0.3 is 0 Å². The minimum atomic E-state index is -0.352. The molecule has 1 aliphatic rings. The maximum atomic E-state index is 12.9. The lowest BCUT2D eigenvalue weighted by Gasteiger charge is -2.27. The number of hydrogen-bond donors (Lipinski definition) is 1. The quantitative estimate of drug-likeness (QED) is 0.577. The second-order valence-electron chi connectivity index (χ2n) is 7.82. The van der Waals surface area contributed by atoms with Gasteiger partial charge in [-0.3, -0.25) is 19.3 Å². The van der Waals surface area contributed by atoms with Crippen LogP contribution in [0.5, 0.6) is 0 Å². The molecule has 0 saturated carbocycles. The van der Waals surface area contributed by atoms with Gasteiger partial charge in [-0.15, -0.1) is 0 Å². The maximum absolute atomic E-state index is 12.9. The van der Waals surface area contributed by atoms with Gasteiger partial charge in [0.1, 0.15) is 12.4 Å². The largest absolute Gasteiger partial charge is 0.461 e. The molecule has 0 saturated heterocycles. The molecule has 4 rings (SSSR count). The summed E-state index contributed by atoms with van der Waals surface area (Å²) < 4.78 is 19.1. The van der Waals surface area contributed by atoms with Crippen molar-refractivity contribution in [3.8, 4) is 0 Å². The second kappa shape index (κ2) is 11.2. The number of amides is 1. The zero-order valence-electron chi connectivity index (χ0n) is 19.0. The summed E-state index contributed by atoms with van der Waals surface area (Å²) in [4.78, 5) is 28.9. The Kier molecular flexibility index (Phi) is 8.12. The van der Waals surface area contributed by atoms with Crippen LogP contribution < -0.4 is 10.2 Å². The first-order chi connectivity index (χ1) is 15.9. The lowest BCUT2D eigenvalue weighted by Crippen LogP contribution is -2.29. The van der Waals surface area contributed by atoms with Crippen molar-refractivity contribution in [3.05, 3.63) is 77.1 Å². The highest BCUT2D eigenvalue weighted by Crippen LogP contribution is 2.26. The number of benzene rings is 1. The van der Waals surface area contributed by atoms with E-state index in [1.165, 1.54) is 24.3 Å². The van der Waals surface area contributed by atoms with Crippen LogP contribution in [0.1, 0.15) is 46.8 Å². The van der Waals surface area contributed by atoms with Gasteiger partial charge in [-0.2, -0.15) is 5.10 Å². The SMILES string of the molecule is CC(NC(=O)c1ccc(F)cc1)c1ccc2c(n1)CCCN2C.Cn1ccc(COC=O)n1. The van der Waals surface area contributed by atoms with Gasteiger partial charge in [-0.25, -0.2) is 4.39 Å². The Bertz CT molecular complexity index is 1080. The highest BCUT2D eigenvalue weighted by Gasteiger charge is 2.18. The third kappa shape index (κ3) is 6.61. The molecule has 0 radical (unpaired) electrons. The predicted octanol–water partition coefficient (Wildman–Crippen LogP) is 3.19. The molecule has 0 bridgehead atoms. The molecular weight excluding hydrogens is 425 g/mol. The minimum absolute atomic E-state index is 0.204. The molecule has 8 nitrogen and oxygen atoms in total. The van der Waals surface area contributed by atoms with Gasteiger partial charge in [0.25, 0.3) is 12.4 Å². The number of nitrogens with one attached hydrogen (secondary N) is 1. The monoisotopic (exact) mass is 453 g/mol. The number of rotatable bonds is 6. The number of aromatic nitrogens is 3. The molecule has 0 fully saturated rings. The number of hydrogen-bond acceptors (Lipinski definition) is 6. The first-order valence-corrected chi connectivity index (χ1v) is 10.7. The van der Waals surface area contributed by atoms with E-state index < -0.39 is 0 Å². The minimum Gasteiger partial charge on any atom is -0.461 e. The molecular formula is C24H28FN5O3. The van der Waals surface area contributed by atoms with Crippen LogP contribution in [0.3, 0.4) is 0 Å². The summed E-state index contributed by atoms with van der Waals surface area (Å²) in [6.45, 7) is 3.62. The Labute approximate surface area is 192 Å². The van der Waals surface area contributed by atoms with Gasteiger partial charge in [0.05, 0.1) is 28.8 Å². The summed E-state index contributed by atoms with van der Waals surface area (Å²) >= 11 is 0. The average Bonchev–Trinajstić information content (AvgIpc) is 3.23. The number of carbonyl (C=O) groups is 2. The smallest absolute Gasteiger partial charge is 0.293 e. The Morgan fingerprint density at radius 1 is 1.21 bits per heavy atom. The third-order valence-electron chi connectivity index (χ3n) is 5.26. The second-order valence-corrected chi connectivity index (χ2v) is 7.82. The molecule has 0 aliphatic carbocycles. The lowest BCUT2D eigenvalue weighted by atomic mass is 10.1. The molecule has 33 heavy (non-hydrogen) atoms. The topological polar surface area (TPSA) is 89.4 Å². The number of halogens is 1. The average molecular weight is 454 g/mol. The highest BCUT2D eigenvalue weighted by atomic mass is 19.1. The molecule has 3 aromatic rings. The first-order valence-electron chi connectivity index (χ1n) is 10.7. The first kappa shape index (κ1) is 23.9. The normalized spacial score (nSPS) is 13.3. The van der Waals surface area contributed by atoms with Crippen LogP contribution in [0.4, 0.5) is 10.1 Å². The number of pyridine rings is 1. The van der Waals surface area contributed by atoms with Crippen LogP contribution in [0.25, 0.3) is 0 Å². The Hall–Kier alpha value is -3.75. The van der Waals surface area contributed by atoms with Crippen LogP contribution in [0.15, 0.2) is 48.7 Å². The van der Waals surface area contributed by atoms with Gasteiger partial charge in [0.2, 0.25) is 0 Å². The van der Waals surface area contributed by atoms with Crippen LogP contribution in [-0.2, 0) is 29.6 Å². The highest BCUT2D eigenvalue weighted by molar-refractivity contribution is 5.94. The molecule has 3 heterocycles. The number of ether oxygens (including phenoxy) is 1. The summed E-state index contributed by atoms with van der Waals surface area (Å²) in [6.07, 6.45) is 3.85. The molecule has 1 aromatic carbocycles. The summed E-state index contributed by atoms with van der Waals surface area (Å²) in [6, 6.07) is 11.1. The van der Waals surface area contributed by atoms with Gasteiger partial charge < -0.3 is 15.0 Å². The van der Waals surface area contributed by atoms with Crippen molar-refractivity contribution in [2.45, 2.75) is 32.4 Å². The van der Waals surface area contributed by atoms with E-state index in [0.29, 0.717) is 12.0 Å². The van der Waals surface area contributed by atoms with Crippen molar-refractivity contribution < 1.29 is 18.7 Å². The van der Waals surface area contributed by atoms with Crippen LogP contribution >= 0.6 is 0 Å². The standard InChI is InChI=1S/C18H20FN3O.C6H8N2O2/c1-12(20-18(23)13-5-7-14(19)8-6-13)15-9-10-17-16(21-15)4-3-11-22(17)2;1-8-3-2-6(7-8)4-10-5-9/h5-10,12H,3-4,11H2,1-2H3,(H,20,23);2-3,5H,4H2,1H3. The summed E-state index contributed by atoms with van der Waals surface area (Å²) in [5, 5.41) is 6.89. The van der Waals surface area contributed by atoms with Crippen LogP contribution in [-0.4, -0.2) is 40.7 Å². The van der Waals surface area contributed by atoms with Crippen LogP contribution in [0.2, 0.25) is 0 Å². The van der Waals surface area contributed by atoms with Crippen molar-refractivity contribution in [1.82, 2.24) is 20.1 Å². The summed E-state index contributed by atoms with van der Waals surface area (Å²) in [5.41, 5.74) is 4.29. The Morgan fingerprint density at radius 2 is 1.97 bits per heavy atom. The van der Waals surface area contributed by atoms with E-state index in [0.717, 1.165) is 42.2 Å². The molecule has 1 unspecified atom stereocenters. The summed E-state index contributed by atoms with van der Waals surface area (Å²) in [5.74, 6) is -0.579. The van der Waals surface area contributed by atoms with E-state index in [9.17, 15) is 14.0 Å². The zero-order valence-corrected chi connectivity index (χ0v) is 19.0. The van der Waals surface area contributed by atoms with Gasteiger partial charge in [-0.1, -0.05) is 0 Å². The van der Waals surface area contributed by atoms with E-state index in [2.05, 4.69) is 33.2 Å². The molecule has 1 atom stereocenters. The fourth-order valence-electron chi connectivity index (χ4n) is 3.50.